The summed E-state index contributed by atoms with van der Waals surface area (Å²) < 4.78 is 34.5. The van der Waals surface area contributed by atoms with Gasteiger partial charge in [-0.3, -0.25) is 9.78 Å². The number of aryl methyl sites for hydroxylation is 1. The summed E-state index contributed by atoms with van der Waals surface area (Å²) in [5, 5.41) is 3.17. The number of anilines is 1. The molecule has 3 rings (SSSR count). The summed E-state index contributed by atoms with van der Waals surface area (Å²) >= 11 is 0. The zero-order chi connectivity index (χ0) is 25.7. The second-order valence-electron chi connectivity index (χ2n) is 8.29. The van der Waals surface area contributed by atoms with Crippen LogP contribution in [-0.2, 0) is 4.79 Å². The van der Waals surface area contributed by atoms with Gasteiger partial charge in [-0.2, -0.15) is 0 Å². The molecule has 1 amide bonds. The van der Waals surface area contributed by atoms with Crippen molar-refractivity contribution in [3.8, 4) is 16.9 Å². The topological polar surface area (TPSA) is 51.2 Å². The number of amides is 1. The number of nitrogens with zero attached hydrogens (tertiary/aromatic N) is 1. The van der Waals surface area contributed by atoms with Gasteiger partial charge in [0.25, 0.3) is 0 Å². The second-order valence-corrected chi connectivity index (χ2v) is 8.96. The fraction of sp³-hybridized carbons (Fsp3) is 0.214. The lowest BCUT2D eigenvalue weighted by molar-refractivity contribution is -0.111. The summed E-state index contributed by atoms with van der Waals surface area (Å²) in [5.41, 5.74) is 4.41. The minimum atomic E-state index is -0.556. The summed E-state index contributed by atoms with van der Waals surface area (Å²) in [6.45, 7) is 9.47. The van der Waals surface area contributed by atoms with Gasteiger partial charge in [0.15, 0.2) is 11.6 Å². The van der Waals surface area contributed by atoms with Crippen LogP contribution >= 0.6 is 9.24 Å². The standard InChI is InChI=1S/C28H29F2N2O2P/c1-6-16(3)10-22(23-13-20(35)14-25(30)28(23)34-5)21-11-19(15-31-17(21)4)18-8-9-24(29)26(12-18)32-27(33)7-2/h7-16H,2,6,35H2,1,3-5H3,(H,32,33)/b22-10+. The lowest BCUT2D eigenvalue weighted by Crippen LogP contribution is -2.09. The Balaban J connectivity index is 2.22. The molecule has 4 nitrogen and oxygen atoms in total. The average molecular weight is 495 g/mol. The number of carbonyl (C=O) groups excluding carboxylic acids is 1. The van der Waals surface area contributed by atoms with Crippen LogP contribution < -0.4 is 15.4 Å². The predicted octanol–water partition coefficient (Wildman–Crippen LogP) is 6.45. The van der Waals surface area contributed by atoms with Crippen molar-refractivity contribution in [3.05, 3.63) is 89.8 Å². The Hall–Kier alpha value is -3.37. The van der Waals surface area contributed by atoms with Crippen molar-refractivity contribution in [1.29, 1.82) is 0 Å². The number of aromatic nitrogens is 1. The quantitative estimate of drug-likeness (QED) is 0.289. The van der Waals surface area contributed by atoms with Crippen molar-refractivity contribution in [2.75, 3.05) is 12.4 Å². The maximum atomic E-state index is 14.8. The summed E-state index contributed by atoms with van der Waals surface area (Å²) in [5.74, 6) is -1.15. The minimum absolute atomic E-state index is 0.0457. The largest absolute Gasteiger partial charge is 0.493 e. The van der Waals surface area contributed by atoms with E-state index in [4.69, 9.17) is 4.74 Å². The number of nitrogens with one attached hydrogen (secondary N) is 1. The zero-order valence-corrected chi connectivity index (χ0v) is 21.4. The normalized spacial score (nSPS) is 12.3. The van der Waals surface area contributed by atoms with E-state index >= 15 is 0 Å². The van der Waals surface area contributed by atoms with E-state index in [2.05, 4.69) is 46.0 Å². The molecule has 2 atom stereocenters. The first-order chi connectivity index (χ1) is 16.7. The Kier molecular flexibility index (Phi) is 8.52. The van der Waals surface area contributed by atoms with Crippen molar-refractivity contribution in [1.82, 2.24) is 4.98 Å². The first-order valence-electron chi connectivity index (χ1n) is 11.2. The van der Waals surface area contributed by atoms with Crippen LogP contribution in [0.3, 0.4) is 0 Å². The SMILES string of the molecule is C=CC(=O)Nc1cc(-c2cnc(C)c(/C(=C\C(C)CC)c3cc(P)cc(F)c3OC)c2)ccc1F. The highest BCUT2D eigenvalue weighted by molar-refractivity contribution is 7.27. The van der Waals surface area contributed by atoms with Gasteiger partial charge in [-0.1, -0.05) is 39.0 Å². The van der Waals surface area contributed by atoms with Gasteiger partial charge in [0.05, 0.1) is 12.8 Å². The zero-order valence-electron chi connectivity index (χ0n) is 20.3. The first-order valence-corrected chi connectivity index (χ1v) is 11.8. The van der Waals surface area contributed by atoms with Crippen LogP contribution in [-0.4, -0.2) is 18.0 Å². The summed E-state index contributed by atoms with van der Waals surface area (Å²) in [6.07, 6.45) is 5.76. The number of allylic oxidation sites excluding steroid dienone is 1. The molecule has 0 saturated carbocycles. The summed E-state index contributed by atoms with van der Waals surface area (Å²) in [4.78, 5) is 16.3. The molecular weight excluding hydrogens is 465 g/mol. The van der Waals surface area contributed by atoms with Gasteiger partial charge < -0.3 is 10.1 Å². The van der Waals surface area contributed by atoms with Crippen molar-refractivity contribution in [2.45, 2.75) is 27.2 Å². The van der Waals surface area contributed by atoms with Gasteiger partial charge in [0.1, 0.15) is 5.82 Å². The molecule has 1 aromatic heterocycles. The van der Waals surface area contributed by atoms with Gasteiger partial charge in [0, 0.05) is 28.6 Å². The van der Waals surface area contributed by atoms with Crippen molar-refractivity contribution >= 4 is 31.7 Å². The third kappa shape index (κ3) is 6.01. The molecule has 0 spiro atoms. The van der Waals surface area contributed by atoms with Gasteiger partial charge >= 0.3 is 0 Å². The third-order valence-corrected chi connectivity index (χ3v) is 6.11. The van der Waals surface area contributed by atoms with E-state index in [9.17, 15) is 13.6 Å². The Labute approximate surface area is 207 Å². The molecule has 0 radical (unpaired) electrons. The maximum absolute atomic E-state index is 14.8. The number of methoxy groups -OCH3 is 1. The van der Waals surface area contributed by atoms with Crippen LogP contribution in [0, 0.1) is 24.5 Å². The van der Waals surface area contributed by atoms with Crippen LogP contribution in [0.5, 0.6) is 5.75 Å². The minimum Gasteiger partial charge on any atom is -0.493 e. The van der Waals surface area contributed by atoms with Gasteiger partial charge in [-0.15, -0.1) is 9.24 Å². The molecule has 0 bridgehead atoms. The maximum Gasteiger partial charge on any atom is 0.247 e. The molecular formula is C28H29F2N2O2P. The molecule has 0 aliphatic carbocycles. The monoisotopic (exact) mass is 494 g/mol. The predicted molar refractivity (Wildman–Crippen MR) is 142 cm³/mol. The lowest BCUT2D eigenvalue weighted by atomic mass is 9.90. The number of pyridine rings is 1. The van der Waals surface area contributed by atoms with Crippen molar-refractivity contribution < 1.29 is 18.3 Å². The molecule has 35 heavy (non-hydrogen) atoms. The molecule has 0 aliphatic rings. The van der Waals surface area contributed by atoms with Gasteiger partial charge in [-0.25, -0.2) is 8.78 Å². The number of rotatable bonds is 8. The van der Waals surface area contributed by atoms with Crippen LogP contribution in [0.2, 0.25) is 0 Å². The number of benzene rings is 2. The Morgan fingerprint density at radius 1 is 1.17 bits per heavy atom. The highest BCUT2D eigenvalue weighted by Crippen LogP contribution is 2.37. The van der Waals surface area contributed by atoms with E-state index in [0.717, 1.165) is 34.9 Å². The summed E-state index contributed by atoms with van der Waals surface area (Å²) in [6, 6.07) is 9.68. The van der Waals surface area contributed by atoms with E-state index < -0.39 is 17.5 Å². The molecule has 7 heteroatoms. The first kappa shape index (κ1) is 26.2. The fourth-order valence-corrected chi connectivity index (χ4v) is 4.01. The Morgan fingerprint density at radius 3 is 2.57 bits per heavy atom. The molecule has 0 fully saturated rings. The molecule has 1 heterocycles. The number of hydrogen-bond acceptors (Lipinski definition) is 3. The smallest absolute Gasteiger partial charge is 0.247 e. The van der Waals surface area contributed by atoms with E-state index in [0.29, 0.717) is 16.4 Å². The number of halogens is 2. The second kappa shape index (κ2) is 11.4. The van der Waals surface area contributed by atoms with Crippen LogP contribution in [0.1, 0.15) is 37.1 Å². The molecule has 1 N–H and O–H groups in total. The number of carbonyl (C=O) groups is 1. The highest BCUT2D eigenvalue weighted by Gasteiger charge is 2.19. The highest BCUT2D eigenvalue weighted by atomic mass is 31.0. The third-order valence-electron chi connectivity index (χ3n) is 5.78. The van der Waals surface area contributed by atoms with Crippen molar-refractivity contribution in [2.24, 2.45) is 5.92 Å². The Bertz CT molecular complexity index is 1300. The van der Waals surface area contributed by atoms with Crippen LogP contribution in [0.15, 0.2) is 61.3 Å². The van der Waals surface area contributed by atoms with Crippen LogP contribution in [0.4, 0.5) is 14.5 Å². The van der Waals surface area contributed by atoms with E-state index in [-0.39, 0.29) is 17.4 Å². The van der Waals surface area contributed by atoms with E-state index in [1.807, 2.05) is 19.1 Å². The molecule has 0 saturated heterocycles. The lowest BCUT2D eigenvalue weighted by Gasteiger charge is -2.18. The molecule has 182 valence electrons. The van der Waals surface area contributed by atoms with E-state index in [1.165, 1.54) is 19.2 Å². The van der Waals surface area contributed by atoms with E-state index in [1.54, 1.807) is 18.3 Å². The molecule has 2 unspecified atom stereocenters. The number of hydrogen-bond donors (Lipinski definition) is 1. The number of ether oxygens (including phenoxy) is 1. The average Bonchev–Trinajstić information content (AvgIpc) is 2.83. The molecule has 3 aromatic rings. The van der Waals surface area contributed by atoms with Crippen LogP contribution in [0.25, 0.3) is 16.7 Å². The molecule has 0 aliphatic heterocycles. The molecule has 2 aromatic carbocycles. The van der Waals surface area contributed by atoms with Gasteiger partial charge in [0.2, 0.25) is 5.91 Å². The van der Waals surface area contributed by atoms with Crippen molar-refractivity contribution in [3.63, 3.8) is 0 Å². The fourth-order valence-electron chi connectivity index (χ4n) is 3.70. The summed E-state index contributed by atoms with van der Waals surface area (Å²) in [7, 11) is 3.98. The Morgan fingerprint density at radius 2 is 1.91 bits per heavy atom. The van der Waals surface area contributed by atoms with Gasteiger partial charge in [-0.05, 0) is 65.7 Å².